The largest absolute Gasteiger partial charge is 0.462 e. The van der Waals surface area contributed by atoms with Gasteiger partial charge in [-0.15, -0.1) is 0 Å². The number of aryl methyl sites for hydroxylation is 1. The van der Waals surface area contributed by atoms with Crippen LogP contribution in [0.15, 0.2) is 16.9 Å². The van der Waals surface area contributed by atoms with Crippen molar-refractivity contribution in [2.75, 3.05) is 24.6 Å². The molecule has 0 unspecified atom stereocenters. The third-order valence-electron chi connectivity index (χ3n) is 7.10. The molecule has 2 aliphatic rings. The number of carbonyl (C=O) groups is 2. The van der Waals surface area contributed by atoms with Crippen LogP contribution in [0.1, 0.15) is 82.8 Å². The fourth-order valence-electron chi connectivity index (χ4n) is 5.27. The molecule has 202 valence electrons. The standard InChI is InChI=1S/C28H38FN3O5/c1-7-20-23-18(13-21(26(34)36-8-2)25(33)32(23)19-9-10-19)14-22(29)24(20)31-12-11-17(15-31)16(3)30-27(35)37-28(4,5)6/h13-14,16-17,19H,7-12,15H2,1-6H3,(H,30,35)/t16-,17+/m0/s1. The van der Waals surface area contributed by atoms with E-state index in [1.807, 2.05) is 39.5 Å². The fraction of sp³-hybridized carbons (Fsp3) is 0.607. The molecule has 8 nitrogen and oxygen atoms in total. The Morgan fingerprint density at radius 2 is 1.89 bits per heavy atom. The molecular weight excluding hydrogens is 477 g/mol. The number of hydrogen-bond acceptors (Lipinski definition) is 6. The van der Waals surface area contributed by atoms with E-state index in [-0.39, 0.29) is 41.5 Å². The minimum absolute atomic E-state index is 0.00244. The minimum Gasteiger partial charge on any atom is -0.462 e. The normalized spacial score (nSPS) is 18.7. The molecule has 1 N–H and O–H groups in total. The van der Waals surface area contributed by atoms with Gasteiger partial charge >= 0.3 is 12.1 Å². The Labute approximate surface area is 217 Å². The van der Waals surface area contributed by atoms with Crippen LogP contribution in [0.25, 0.3) is 10.9 Å². The first-order valence-electron chi connectivity index (χ1n) is 13.3. The highest BCUT2D eigenvalue weighted by atomic mass is 19.1. The maximum Gasteiger partial charge on any atom is 0.407 e. The number of amides is 1. The van der Waals surface area contributed by atoms with Gasteiger partial charge in [-0.05, 0) is 78.4 Å². The van der Waals surface area contributed by atoms with Gasteiger partial charge in [0.25, 0.3) is 5.56 Å². The Morgan fingerprint density at radius 3 is 2.49 bits per heavy atom. The molecule has 2 atom stereocenters. The lowest BCUT2D eigenvalue weighted by Crippen LogP contribution is -2.42. The molecule has 1 aliphatic heterocycles. The predicted octanol–water partition coefficient (Wildman–Crippen LogP) is 4.95. The highest BCUT2D eigenvalue weighted by molar-refractivity contribution is 5.96. The summed E-state index contributed by atoms with van der Waals surface area (Å²) in [5.41, 5.74) is 0.944. The molecule has 9 heteroatoms. The second-order valence-electron chi connectivity index (χ2n) is 11.1. The van der Waals surface area contributed by atoms with Crippen LogP contribution in [0.3, 0.4) is 0 Å². The summed E-state index contributed by atoms with van der Waals surface area (Å²) in [6.07, 6.45) is 2.54. The van der Waals surface area contributed by atoms with E-state index in [4.69, 9.17) is 9.47 Å². The van der Waals surface area contributed by atoms with E-state index in [0.29, 0.717) is 36.1 Å². The van der Waals surface area contributed by atoms with Crippen LogP contribution in [0, 0.1) is 11.7 Å². The van der Waals surface area contributed by atoms with Crippen LogP contribution < -0.4 is 15.8 Å². The summed E-state index contributed by atoms with van der Waals surface area (Å²) in [5, 5.41) is 3.45. The second-order valence-corrected chi connectivity index (χ2v) is 11.1. The van der Waals surface area contributed by atoms with Gasteiger partial charge in [0.2, 0.25) is 0 Å². The van der Waals surface area contributed by atoms with Crippen molar-refractivity contribution in [1.82, 2.24) is 9.88 Å². The molecule has 0 bridgehead atoms. The Kier molecular flexibility index (Phi) is 7.53. The maximum absolute atomic E-state index is 15.7. The number of aromatic nitrogens is 1. The average Bonchev–Trinajstić information content (AvgIpc) is 3.52. The number of nitrogens with one attached hydrogen (secondary N) is 1. The lowest BCUT2D eigenvalue weighted by Gasteiger charge is -2.27. The average molecular weight is 516 g/mol. The van der Waals surface area contributed by atoms with Gasteiger partial charge in [0.15, 0.2) is 0 Å². The zero-order chi connectivity index (χ0) is 27.1. The Hall–Kier alpha value is -3.10. The van der Waals surface area contributed by atoms with Gasteiger partial charge in [-0.3, -0.25) is 4.79 Å². The van der Waals surface area contributed by atoms with Crippen LogP contribution in [-0.4, -0.2) is 48.0 Å². The van der Waals surface area contributed by atoms with Crippen LogP contribution in [0.5, 0.6) is 0 Å². The van der Waals surface area contributed by atoms with Crippen molar-refractivity contribution in [1.29, 1.82) is 0 Å². The molecule has 1 aliphatic carbocycles. The summed E-state index contributed by atoms with van der Waals surface area (Å²) in [6, 6.07) is 2.75. The number of nitrogens with zero attached hydrogens (tertiary/aromatic N) is 2. The lowest BCUT2D eigenvalue weighted by atomic mass is 10.00. The molecular formula is C28H38FN3O5. The van der Waals surface area contributed by atoms with Crippen molar-refractivity contribution in [2.24, 2.45) is 5.92 Å². The van der Waals surface area contributed by atoms with Crippen LogP contribution in [-0.2, 0) is 15.9 Å². The van der Waals surface area contributed by atoms with Gasteiger partial charge in [0.1, 0.15) is 17.0 Å². The SMILES string of the molecule is CCOC(=O)c1cc2cc(F)c(N3CC[C@@H]([C@H](C)NC(=O)OC(C)(C)C)C3)c(CC)c2n(C2CC2)c1=O. The monoisotopic (exact) mass is 515 g/mol. The van der Waals surface area contributed by atoms with E-state index < -0.39 is 17.7 Å². The highest BCUT2D eigenvalue weighted by Gasteiger charge is 2.34. The zero-order valence-electron chi connectivity index (χ0n) is 22.7. The van der Waals surface area contributed by atoms with Gasteiger partial charge in [-0.2, -0.15) is 0 Å². The van der Waals surface area contributed by atoms with Gasteiger partial charge in [0, 0.05) is 36.1 Å². The summed E-state index contributed by atoms with van der Waals surface area (Å²) in [4.78, 5) is 40.2. The number of hydrogen-bond donors (Lipinski definition) is 1. The van der Waals surface area contributed by atoms with Crippen molar-refractivity contribution in [3.8, 4) is 0 Å². The van der Waals surface area contributed by atoms with E-state index in [1.165, 1.54) is 12.1 Å². The number of esters is 1. The van der Waals surface area contributed by atoms with Crippen molar-refractivity contribution >= 4 is 28.7 Å². The highest BCUT2D eigenvalue weighted by Crippen LogP contribution is 2.41. The third kappa shape index (κ3) is 5.60. The summed E-state index contributed by atoms with van der Waals surface area (Å²) in [6.45, 7) is 12.4. The van der Waals surface area contributed by atoms with Crippen molar-refractivity contribution in [3.05, 3.63) is 39.4 Å². The second kappa shape index (κ2) is 10.3. The number of rotatable bonds is 7. The summed E-state index contributed by atoms with van der Waals surface area (Å²) < 4.78 is 27.9. The number of ether oxygens (including phenoxy) is 2. The number of halogens is 1. The molecule has 1 aromatic carbocycles. The third-order valence-corrected chi connectivity index (χ3v) is 7.10. The van der Waals surface area contributed by atoms with E-state index in [2.05, 4.69) is 5.32 Å². The van der Waals surface area contributed by atoms with Crippen LogP contribution in [0.4, 0.5) is 14.9 Å². The maximum atomic E-state index is 15.7. The molecule has 2 fully saturated rings. The van der Waals surface area contributed by atoms with Crippen LogP contribution in [0.2, 0.25) is 0 Å². The molecule has 4 rings (SSSR count). The molecule has 2 aromatic rings. The molecule has 0 spiro atoms. The summed E-state index contributed by atoms with van der Waals surface area (Å²) in [5.74, 6) is -0.946. The topological polar surface area (TPSA) is 89.9 Å². The van der Waals surface area contributed by atoms with E-state index in [1.54, 1.807) is 11.5 Å². The van der Waals surface area contributed by atoms with Gasteiger partial charge in [-0.1, -0.05) is 6.92 Å². The van der Waals surface area contributed by atoms with E-state index in [0.717, 1.165) is 24.8 Å². The number of alkyl carbamates (subject to hydrolysis) is 1. The van der Waals surface area contributed by atoms with E-state index in [9.17, 15) is 14.4 Å². The Balaban J connectivity index is 1.69. The molecule has 0 radical (unpaired) electrons. The predicted molar refractivity (Wildman–Crippen MR) is 141 cm³/mol. The first kappa shape index (κ1) is 26.9. The Bertz CT molecular complexity index is 1260. The zero-order valence-corrected chi connectivity index (χ0v) is 22.7. The number of pyridine rings is 1. The number of anilines is 1. The van der Waals surface area contributed by atoms with Crippen molar-refractivity contribution in [2.45, 2.75) is 84.9 Å². The molecule has 2 heterocycles. The first-order chi connectivity index (χ1) is 17.4. The molecule has 37 heavy (non-hydrogen) atoms. The van der Waals surface area contributed by atoms with Crippen molar-refractivity contribution in [3.63, 3.8) is 0 Å². The van der Waals surface area contributed by atoms with Gasteiger partial charge < -0.3 is 24.3 Å². The van der Waals surface area contributed by atoms with Crippen molar-refractivity contribution < 1.29 is 23.5 Å². The molecule has 1 saturated heterocycles. The number of carbonyl (C=O) groups excluding carboxylic acids is 2. The smallest absolute Gasteiger partial charge is 0.407 e. The molecule has 1 saturated carbocycles. The number of benzene rings is 1. The lowest BCUT2D eigenvalue weighted by molar-refractivity contribution is 0.0491. The van der Waals surface area contributed by atoms with Crippen LogP contribution >= 0.6 is 0 Å². The van der Waals surface area contributed by atoms with E-state index >= 15 is 4.39 Å². The Morgan fingerprint density at radius 1 is 1.19 bits per heavy atom. The summed E-state index contributed by atoms with van der Waals surface area (Å²) in [7, 11) is 0. The van der Waals surface area contributed by atoms with Gasteiger partial charge in [0.05, 0.1) is 17.8 Å². The number of fused-ring (bicyclic) bond motifs is 1. The minimum atomic E-state index is -0.680. The van der Waals surface area contributed by atoms with Gasteiger partial charge in [-0.25, -0.2) is 14.0 Å². The fourth-order valence-corrected chi connectivity index (χ4v) is 5.27. The molecule has 1 amide bonds. The summed E-state index contributed by atoms with van der Waals surface area (Å²) >= 11 is 0. The molecule has 1 aromatic heterocycles. The first-order valence-corrected chi connectivity index (χ1v) is 13.3. The quantitative estimate of drug-likeness (QED) is 0.525.